The minimum Gasteiger partial charge on any atom is -0.466 e. The number of hydrogen-bond donors (Lipinski definition) is 2. The van der Waals surface area contributed by atoms with Gasteiger partial charge in [0.1, 0.15) is 0 Å². The predicted molar refractivity (Wildman–Crippen MR) is 50.5 cm³/mol. The van der Waals surface area contributed by atoms with Crippen LogP contribution < -0.4 is 5.32 Å². The van der Waals surface area contributed by atoms with Crippen molar-refractivity contribution in [2.45, 2.75) is 26.8 Å². The van der Waals surface area contributed by atoms with Crippen molar-refractivity contribution in [2.24, 2.45) is 5.92 Å². The van der Waals surface area contributed by atoms with E-state index in [4.69, 9.17) is 9.84 Å². The van der Waals surface area contributed by atoms with Crippen LogP contribution in [0, 0.1) is 5.92 Å². The monoisotopic (exact) mass is 203 g/mol. The molecule has 1 amide bonds. The summed E-state index contributed by atoms with van der Waals surface area (Å²) in [6.45, 7) is 4.63. The van der Waals surface area contributed by atoms with Gasteiger partial charge < -0.3 is 15.2 Å². The highest BCUT2D eigenvalue weighted by Gasteiger charge is 2.25. The summed E-state index contributed by atoms with van der Waals surface area (Å²) in [5.74, 6) is -1.42. The second-order valence-electron chi connectivity index (χ2n) is 3.03. The Morgan fingerprint density at radius 3 is 2.43 bits per heavy atom. The van der Waals surface area contributed by atoms with Crippen LogP contribution in [0.15, 0.2) is 0 Å². The summed E-state index contributed by atoms with van der Waals surface area (Å²) in [5, 5.41) is 11.5. The van der Waals surface area contributed by atoms with E-state index in [1.54, 1.807) is 13.8 Å². The molecule has 0 radical (unpaired) electrons. The van der Waals surface area contributed by atoms with E-state index in [-0.39, 0.29) is 19.1 Å². The Hall–Kier alpha value is -1.10. The highest BCUT2D eigenvalue weighted by atomic mass is 16.5. The van der Waals surface area contributed by atoms with Gasteiger partial charge in [-0.25, -0.2) is 0 Å². The molecule has 0 fully saturated rings. The van der Waals surface area contributed by atoms with Crippen molar-refractivity contribution in [3.63, 3.8) is 0 Å². The van der Waals surface area contributed by atoms with Gasteiger partial charge in [0.15, 0.2) is 0 Å². The molecule has 0 aromatic carbocycles. The summed E-state index contributed by atoms with van der Waals surface area (Å²) in [6, 6.07) is -0.420. The molecule has 0 aliphatic heterocycles. The number of amides is 1. The normalized spacial score (nSPS) is 14.3. The smallest absolute Gasteiger partial charge is 0.313 e. The van der Waals surface area contributed by atoms with Crippen LogP contribution >= 0.6 is 0 Å². The molecule has 0 aliphatic carbocycles. The van der Waals surface area contributed by atoms with Crippen molar-refractivity contribution in [2.75, 3.05) is 13.2 Å². The third-order valence-corrected chi connectivity index (χ3v) is 1.82. The third-order valence-electron chi connectivity index (χ3n) is 1.82. The fourth-order valence-corrected chi connectivity index (χ4v) is 1.11. The van der Waals surface area contributed by atoms with Crippen LogP contribution in [-0.4, -0.2) is 36.2 Å². The molecule has 2 unspecified atom stereocenters. The molecule has 0 saturated carbocycles. The first kappa shape index (κ1) is 12.9. The zero-order valence-corrected chi connectivity index (χ0v) is 8.74. The van der Waals surface area contributed by atoms with E-state index in [0.29, 0.717) is 0 Å². The molecule has 14 heavy (non-hydrogen) atoms. The lowest BCUT2D eigenvalue weighted by atomic mass is 10.0. The molecule has 2 N–H and O–H groups in total. The fraction of sp³-hybridized carbons (Fsp3) is 0.778. The second kappa shape index (κ2) is 6.37. The van der Waals surface area contributed by atoms with E-state index < -0.39 is 17.9 Å². The Morgan fingerprint density at radius 1 is 1.50 bits per heavy atom. The lowest BCUT2D eigenvalue weighted by molar-refractivity contribution is -0.150. The average molecular weight is 203 g/mol. The van der Waals surface area contributed by atoms with Crippen molar-refractivity contribution < 1.29 is 19.4 Å². The van der Waals surface area contributed by atoms with Gasteiger partial charge in [-0.3, -0.25) is 9.59 Å². The van der Waals surface area contributed by atoms with Crippen LogP contribution in [0.3, 0.4) is 0 Å². The maximum atomic E-state index is 11.3. The third kappa shape index (κ3) is 4.23. The summed E-state index contributed by atoms with van der Waals surface area (Å²) < 4.78 is 4.75. The van der Waals surface area contributed by atoms with Crippen molar-refractivity contribution in [3.05, 3.63) is 0 Å². The van der Waals surface area contributed by atoms with E-state index in [2.05, 4.69) is 5.32 Å². The summed E-state index contributed by atoms with van der Waals surface area (Å²) in [5.41, 5.74) is 0. The fourth-order valence-electron chi connectivity index (χ4n) is 1.11. The van der Waals surface area contributed by atoms with Gasteiger partial charge in [0, 0.05) is 13.0 Å². The van der Waals surface area contributed by atoms with Crippen LogP contribution in [-0.2, 0) is 14.3 Å². The number of aliphatic hydroxyl groups excluding tert-OH is 1. The van der Waals surface area contributed by atoms with Gasteiger partial charge in [0.2, 0.25) is 5.91 Å². The molecule has 82 valence electrons. The summed E-state index contributed by atoms with van der Waals surface area (Å²) in [4.78, 5) is 22.0. The van der Waals surface area contributed by atoms with Crippen molar-refractivity contribution in [1.29, 1.82) is 0 Å². The van der Waals surface area contributed by atoms with Crippen LogP contribution in [0.5, 0.6) is 0 Å². The molecule has 0 aliphatic rings. The average Bonchev–Trinajstić information content (AvgIpc) is 2.04. The Bertz CT molecular complexity index is 205. The zero-order chi connectivity index (χ0) is 11.1. The maximum Gasteiger partial charge on any atom is 0.313 e. The van der Waals surface area contributed by atoms with Crippen molar-refractivity contribution >= 4 is 11.9 Å². The number of carbonyl (C=O) groups excluding carboxylic acids is 2. The van der Waals surface area contributed by atoms with Crippen LogP contribution in [0.4, 0.5) is 0 Å². The topological polar surface area (TPSA) is 75.6 Å². The number of aliphatic hydroxyl groups is 1. The van der Waals surface area contributed by atoms with Gasteiger partial charge in [-0.15, -0.1) is 0 Å². The summed E-state index contributed by atoms with van der Waals surface area (Å²) >= 11 is 0. The van der Waals surface area contributed by atoms with Gasteiger partial charge in [0.05, 0.1) is 19.1 Å². The zero-order valence-electron chi connectivity index (χ0n) is 8.74. The van der Waals surface area contributed by atoms with E-state index in [9.17, 15) is 9.59 Å². The maximum absolute atomic E-state index is 11.3. The van der Waals surface area contributed by atoms with Gasteiger partial charge in [-0.1, -0.05) is 0 Å². The molecule has 0 aromatic heterocycles. The number of ether oxygens (including phenoxy) is 1. The van der Waals surface area contributed by atoms with Gasteiger partial charge in [-0.2, -0.15) is 0 Å². The molecule has 0 spiro atoms. The van der Waals surface area contributed by atoms with Crippen LogP contribution in [0.2, 0.25) is 0 Å². The highest BCUT2D eigenvalue weighted by Crippen LogP contribution is 2.05. The number of nitrogens with one attached hydrogen (secondary N) is 1. The number of carbonyl (C=O) groups is 2. The van der Waals surface area contributed by atoms with E-state index in [1.807, 2.05) is 0 Å². The molecule has 2 atom stereocenters. The van der Waals surface area contributed by atoms with Crippen LogP contribution in [0.25, 0.3) is 0 Å². The lowest BCUT2D eigenvalue weighted by Crippen LogP contribution is -2.42. The Labute approximate surface area is 83.4 Å². The molecular formula is C9H17NO4. The molecular weight excluding hydrogens is 186 g/mol. The molecule has 0 bridgehead atoms. The molecule has 5 nitrogen and oxygen atoms in total. The lowest BCUT2D eigenvalue weighted by Gasteiger charge is -2.20. The summed E-state index contributed by atoms with van der Waals surface area (Å²) in [6.07, 6.45) is 0. The molecule has 5 heteroatoms. The Morgan fingerprint density at radius 2 is 2.07 bits per heavy atom. The minimum absolute atomic E-state index is 0.236. The van der Waals surface area contributed by atoms with Gasteiger partial charge in [-0.05, 0) is 13.8 Å². The largest absolute Gasteiger partial charge is 0.466 e. The SMILES string of the molecule is CCOC(=O)C(CO)C(C)NC(C)=O. The molecule has 0 saturated heterocycles. The van der Waals surface area contributed by atoms with Crippen molar-refractivity contribution in [1.82, 2.24) is 5.32 Å². The Balaban J connectivity index is 4.23. The first-order chi connectivity index (χ1) is 6.52. The van der Waals surface area contributed by atoms with Crippen molar-refractivity contribution in [3.8, 4) is 0 Å². The molecule has 0 heterocycles. The highest BCUT2D eigenvalue weighted by molar-refractivity contribution is 5.77. The van der Waals surface area contributed by atoms with Gasteiger partial charge in [0.25, 0.3) is 0 Å². The number of rotatable bonds is 5. The van der Waals surface area contributed by atoms with Crippen LogP contribution in [0.1, 0.15) is 20.8 Å². The summed E-state index contributed by atoms with van der Waals surface area (Å²) in [7, 11) is 0. The molecule has 0 rings (SSSR count). The van der Waals surface area contributed by atoms with E-state index >= 15 is 0 Å². The number of hydrogen-bond acceptors (Lipinski definition) is 4. The quantitative estimate of drug-likeness (QED) is 0.601. The van der Waals surface area contributed by atoms with Gasteiger partial charge >= 0.3 is 5.97 Å². The number of esters is 1. The first-order valence-corrected chi connectivity index (χ1v) is 4.57. The molecule has 0 aromatic rings. The predicted octanol–water partition coefficient (Wildman–Crippen LogP) is -0.317. The second-order valence-corrected chi connectivity index (χ2v) is 3.03. The van der Waals surface area contributed by atoms with E-state index in [0.717, 1.165) is 0 Å². The Kier molecular flexibility index (Phi) is 5.87. The standard InChI is InChI=1S/C9H17NO4/c1-4-14-9(13)8(5-11)6(2)10-7(3)12/h6,8,11H,4-5H2,1-3H3,(H,10,12). The van der Waals surface area contributed by atoms with E-state index in [1.165, 1.54) is 6.92 Å². The first-order valence-electron chi connectivity index (χ1n) is 4.57. The minimum atomic E-state index is -0.696.